The highest BCUT2D eigenvalue weighted by Crippen LogP contribution is 2.33. The molecule has 0 aromatic heterocycles. The summed E-state index contributed by atoms with van der Waals surface area (Å²) in [6, 6.07) is 13.1. The number of halogens is 1. The number of nitrogens with one attached hydrogen (secondary N) is 2. The number of ether oxygens (including phenoxy) is 3. The number of amides is 1. The van der Waals surface area contributed by atoms with E-state index in [4.69, 9.17) is 25.8 Å². The number of morpholine rings is 1. The lowest BCUT2D eigenvalue weighted by molar-refractivity contribution is -0.937. The minimum absolute atomic E-state index is 0.103. The largest absolute Gasteiger partial charge is 0.454 e. The maximum absolute atomic E-state index is 12.6. The third-order valence-electron chi connectivity index (χ3n) is 4.98. The van der Waals surface area contributed by atoms with Gasteiger partial charge in [-0.3, -0.25) is 4.79 Å². The predicted octanol–water partition coefficient (Wildman–Crippen LogP) is 1.45. The Morgan fingerprint density at radius 3 is 2.74 bits per heavy atom. The zero-order valence-corrected chi connectivity index (χ0v) is 15.6. The molecule has 2 N–H and O–H groups in total. The molecule has 4 rings (SSSR count). The highest BCUT2D eigenvalue weighted by atomic mass is 35.5. The monoisotopic (exact) mass is 389 g/mol. The van der Waals surface area contributed by atoms with Crippen molar-refractivity contribution in [3.8, 4) is 11.5 Å². The van der Waals surface area contributed by atoms with Gasteiger partial charge >= 0.3 is 0 Å². The lowest BCUT2D eigenvalue weighted by Crippen LogP contribution is -3.15. The van der Waals surface area contributed by atoms with Gasteiger partial charge in [-0.15, -0.1) is 0 Å². The molecule has 2 aromatic carbocycles. The second kappa shape index (κ2) is 8.17. The van der Waals surface area contributed by atoms with Gasteiger partial charge in [-0.25, -0.2) is 0 Å². The highest BCUT2D eigenvalue weighted by molar-refractivity contribution is 6.30. The van der Waals surface area contributed by atoms with Crippen molar-refractivity contribution in [3.63, 3.8) is 0 Å². The molecule has 1 fully saturated rings. The smallest absolute Gasteiger partial charge is 0.251 e. The molecule has 142 valence electrons. The van der Waals surface area contributed by atoms with Gasteiger partial charge in [0.1, 0.15) is 19.1 Å². The summed E-state index contributed by atoms with van der Waals surface area (Å²) >= 11 is 6.00. The first-order valence-electron chi connectivity index (χ1n) is 9.06. The summed E-state index contributed by atoms with van der Waals surface area (Å²) in [6.07, 6.45) is 0. The Hall–Kier alpha value is -2.28. The topological polar surface area (TPSA) is 61.2 Å². The third-order valence-corrected chi connectivity index (χ3v) is 5.22. The number of hydrogen-bond acceptors (Lipinski definition) is 4. The molecule has 0 radical (unpaired) electrons. The summed E-state index contributed by atoms with van der Waals surface area (Å²) in [5, 5.41) is 3.61. The van der Waals surface area contributed by atoms with Crippen molar-refractivity contribution < 1.29 is 23.9 Å². The SMILES string of the molecule is O=C(NC[C@H](c1ccc2c(c1)OCO2)[NH+]1CCOCC1)c1cccc(Cl)c1. The maximum Gasteiger partial charge on any atom is 0.251 e. The van der Waals surface area contributed by atoms with Crippen LogP contribution in [0.5, 0.6) is 11.5 Å². The van der Waals surface area contributed by atoms with Crippen LogP contribution >= 0.6 is 11.6 Å². The Kier molecular flexibility index (Phi) is 5.48. The Morgan fingerprint density at radius 2 is 1.93 bits per heavy atom. The molecule has 7 heteroatoms. The minimum atomic E-state index is -0.129. The van der Waals surface area contributed by atoms with E-state index in [0.717, 1.165) is 43.4 Å². The van der Waals surface area contributed by atoms with E-state index in [2.05, 4.69) is 5.32 Å². The van der Waals surface area contributed by atoms with Gasteiger partial charge in [0.05, 0.1) is 19.8 Å². The lowest BCUT2D eigenvalue weighted by Gasteiger charge is -2.32. The molecule has 2 heterocycles. The number of fused-ring (bicyclic) bond motifs is 1. The highest BCUT2D eigenvalue weighted by Gasteiger charge is 2.28. The Labute approximate surface area is 163 Å². The Morgan fingerprint density at radius 1 is 1.11 bits per heavy atom. The molecule has 1 saturated heterocycles. The van der Waals surface area contributed by atoms with Crippen molar-refractivity contribution in [1.29, 1.82) is 0 Å². The van der Waals surface area contributed by atoms with Crippen LogP contribution in [0.25, 0.3) is 0 Å². The molecule has 0 unspecified atom stereocenters. The first-order valence-corrected chi connectivity index (χ1v) is 9.44. The molecule has 0 spiro atoms. The van der Waals surface area contributed by atoms with Gasteiger partial charge < -0.3 is 24.4 Å². The van der Waals surface area contributed by atoms with Gasteiger partial charge in [0.2, 0.25) is 6.79 Å². The van der Waals surface area contributed by atoms with Crippen molar-refractivity contribution >= 4 is 17.5 Å². The van der Waals surface area contributed by atoms with E-state index >= 15 is 0 Å². The van der Waals surface area contributed by atoms with Crippen LogP contribution in [0.2, 0.25) is 5.02 Å². The zero-order chi connectivity index (χ0) is 18.6. The number of quaternary nitrogens is 1. The Balaban J connectivity index is 1.52. The zero-order valence-electron chi connectivity index (χ0n) is 14.9. The van der Waals surface area contributed by atoms with Crippen molar-refractivity contribution in [2.75, 3.05) is 39.6 Å². The average Bonchev–Trinajstić information content (AvgIpc) is 3.17. The van der Waals surface area contributed by atoms with Crippen LogP contribution in [0.3, 0.4) is 0 Å². The molecule has 2 aromatic rings. The van der Waals surface area contributed by atoms with Crippen molar-refractivity contribution in [3.05, 3.63) is 58.6 Å². The first kappa shape index (κ1) is 18.1. The predicted molar refractivity (Wildman–Crippen MR) is 101 cm³/mol. The number of rotatable bonds is 5. The number of carbonyl (C=O) groups is 1. The number of benzene rings is 2. The van der Waals surface area contributed by atoms with Crippen LogP contribution in [0.15, 0.2) is 42.5 Å². The molecular weight excluding hydrogens is 368 g/mol. The number of carbonyl (C=O) groups excluding carboxylic acids is 1. The molecule has 1 amide bonds. The van der Waals surface area contributed by atoms with Gasteiger partial charge in [0, 0.05) is 16.1 Å². The fourth-order valence-corrected chi connectivity index (χ4v) is 3.73. The van der Waals surface area contributed by atoms with Gasteiger partial charge in [0.25, 0.3) is 5.91 Å². The van der Waals surface area contributed by atoms with Crippen LogP contribution < -0.4 is 19.7 Å². The summed E-state index contributed by atoms with van der Waals surface area (Å²) in [6.45, 7) is 4.00. The van der Waals surface area contributed by atoms with E-state index in [9.17, 15) is 4.79 Å². The van der Waals surface area contributed by atoms with Crippen molar-refractivity contribution in [2.45, 2.75) is 6.04 Å². The van der Waals surface area contributed by atoms with E-state index in [1.165, 1.54) is 4.90 Å². The summed E-state index contributed by atoms with van der Waals surface area (Å²) in [5.41, 5.74) is 1.67. The second-order valence-electron chi connectivity index (χ2n) is 6.66. The van der Waals surface area contributed by atoms with Crippen molar-refractivity contribution in [2.24, 2.45) is 0 Å². The molecule has 2 aliphatic rings. The summed E-state index contributed by atoms with van der Waals surface area (Å²) < 4.78 is 16.4. The standard InChI is InChI=1S/C20H21ClN2O4/c21-16-3-1-2-15(10-16)20(24)22-12-17(23-6-8-25-9-7-23)14-4-5-18-19(11-14)27-13-26-18/h1-5,10-11,17H,6-9,12-13H2,(H,22,24)/p+1/t17-/m1/s1. The molecule has 6 nitrogen and oxygen atoms in total. The molecule has 1 atom stereocenters. The first-order chi connectivity index (χ1) is 13.2. The van der Waals surface area contributed by atoms with Crippen LogP contribution in [-0.4, -0.2) is 45.5 Å². The minimum Gasteiger partial charge on any atom is -0.454 e. The third kappa shape index (κ3) is 4.18. The fraction of sp³-hybridized carbons (Fsp3) is 0.350. The van der Waals surface area contributed by atoms with Crippen molar-refractivity contribution in [1.82, 2.24) is 5.32 Å². The summed E-state index contributed by atoms with van der Waals surface area (Å²) in [5.74, 6) is 1.39. The Bertz CT molecular complexity index is 823. The summed E-state index contributed by atoms with van der Waals surface area (Å²) in [7, 11) is 0. The van der Waals surface area contributed by atoms with E-state index in [-0.39, 0.29) is 18.7 Å². The second-order valence-corrected chi connectivity index (χ2v) is 7.09. The van der Waals surface area contributed by atoms with Gasteiger partial charge in [0.15, 0.2) is 11.5 Å². The molecule has 0 bridgehead atoms. The molecule has 2 aliphatic heterocycles. The fourth-order valence-electron chi connectivity index (χ4n) is 3.54. The van der Waals surface area contributed by atoms with Gasteiger partial charge in [-0.05, 0) is 36.4 Å². The van der Waals surface area contributed by atoms with Crippen LogP contribution in [0.1, 0.15) is 22.0 Å². The number of hydrogen-bond donors (Lipinski definition) is 2. The van der Waals surface area contributed by atoms with E-state index < -0.39 is 0 Å². The van der Waals surface area contributed by atoms with Crippen LogP contribution in [0.4, 0.5) is 0 Å². The van der Waals surface area contributed by atoms with E-state index in [0.29, 0.717) is 17.1 Å². The maximum atomic E-state index is 12.6. The molecule has 27 heavy (non-hydrogen) atoms. The quantitative estimate of drug-likeness (QED) is 0.812. The van der Waals surface area contributed by atoms with Crippen LogP contribution in [0, 0.1) is 0 Å². The van der Waals surface area contributed by atoms with E-state index in [1.807, 2.05) is 18.2 Å². The normalized spacial score (nSPS) is 17.5. The average molecular weight is 390 g/mol. The van der Waals surface area contributed by atoms with E-state index in [1.54, 1.807) is 24.3 Å². The molecular formula is C20H22ClN2O4+. The van der Waals surface area contributed by atoms with Gasteiger partial charge in [-0.1, -0.05) is 17.7 Å². The molecule has 0 saturated carbocycles. The molecule has 0 aliphatic carbocycles. The van der Waals surface area contributed by atoms with Gasteiger partial charge in [-0.2, -0.15) is 0 Å². The summed E-state index contributed by atoms with van der Waals surface area (Å²) in [4.78, 5) is 13.9. The lowest BCUT2D eigenvalue weighted by atomic mass is 10.0. The van der Waals surface area contributed by atoms with Crippen LogP contribution in [-0.2, 0) is 4.74 Å².